The number of aliphatic hydroxyl groups is 1. The standard InChI is InChI=1S/C22H19ClO3/c1-3-13-4-5-15(14-6-8-16(23)9-7-14)12-17(13)19-20(24)18-10-11-22(2,26-18)21(19)25/h4-12,18,25H,3H2,1-2H3/t18-,22+/m0/s1. The highest BCUT2D eigenvalue weighted by Gasteiger charge is 2.46. The summed E-state index contributed by atoms with van der Waals surface area (Å²) in [7, 11) is 0. The Bertz CT molecular complexity index is 956. The Morgan fingerprint density at radius 3 is 2.54 bits per heavy atom. The first-order valence-corrected chi connectivity index (χ1v) is 9.05. The number of aryl methyl sites for hydroxylation is 1. The van der Waals surface area contributed by atoms with E-state index >= 15 is 0 Å². The van der Waals surface area contributed by atoms with E-state index in [1.807, 2.05) is 49.4 Å². The average Bonchev–Trinajstić information content (AvgIpc) is 3.02. The van der Waals surface area contributed by atoms with Crippen LogP contribution in [0, 0.1) is 0 Å². The molecule has 4 heteroatoms. The summed E-state index contributed by atoms with van der Waals surface area (Å²) in [6.07, 6.45) is 3.61. The number of halogens is 1. The smallest absolute Gasteiger partial charge is 0.199 e. The lowest BCUT2D eigenvalue weighted by atomic mass is 9.86. The van der Waals surface area contributed by atoms with Gasteiger partial charge in [-0.25, -0.2) is 0 Å². The molecule has 2 bridgehead atoms. The Balaban J connectivity index is 1.89. The molecule has 0 amide bonds. The average molecular weight is 367 g/mol. The van der Waals surface area contributed by atoms with Crippen molar-refractivity contribution < 1.29 is 14.6 Å². The van der Waals surface area contributed by atoms with Crippen molar-refractivity contribution in [2.45, 2.75) is 32.0 Å². The number of ketones is 1. The maximum absolute atomic E-state index is 12.9. The lowest BCUT2D eigenvalue weighted by molar-refractivity contribution is -0.128. The minimum Gasteiger partial charge on any atom is -0.508 e. The minimum atomic E-state index is -0.935. The zero-order valence-electron chi connectivity index (χ0n) is 14.6. The van der Waals surface area contributed by atoms with Crippen LogP contribution in [0.25, 0.3) is 16.7 Å². The molecule has 1 N–H and O–H groups in total. The fourth-order valence-electron chi connectivity index (χ4n) is 3.60. The van der Waals surface area contributed by atoms with E-state index in [1.165, 1.54) is 0 Å². The number of aliphatic hydroxyl groups excluding tert-OH is 1. The molecule has 2 aromatic carbocycles. The third-order valence-corrected chi connectivity index (χ3v) is 5.36. The summed E-state index contributed by atoms with van der Waals surface area (Å²) < 4.78 is 5.68. The van der Waals surface area contributed by atoms with Crippen LogP contribution in [0.4, 0.5) is 0 Å². The monoisotopic (exact) mass is 366 g/mol. The van der Waals surface area contributed by atoms with Crippen molar-refractivity contribution in [3.8, 4) is 11.1 Å². The normalized spacial score (nSPS) is 24.4. The number of benzene rings is 2. The van der Waals surface area contributed by atoms with Gasteiger partial charge >= 0.3 is 0 Å². The molecule has 2 aliphatic rings. The molecule has 0 fully saturated rings. The van der Waals surface area contributed by atoms with E-state index in [0.717, 1.165) is 28.7 Å². The Morgan fingerprint density at radius 1 is 1.15 bits per heavy atom. The van der Waals surface area contributed by atoms with Gasteiger partial charge in [0.05, 0.1) is 5.57 Å². The molecule has 0 aliphatic carbocycles. The molecule has 0 saturated carbocycles. The van der Waals surface area contributed by atoms with Gasteiger partial charge < -0.3 is 9.84 Å². The fraction of sp³-hybridized carbons (Fsp3) is 0.227. The predicted octanol–water partition coefficient (Wildman–Crippen LogP) is 5.13. The Hall–Kier alpha value is -2.36. The second-order valence-corrected chi connectivity index (χ2v) is 7.26. The van der Waals surface area contributed by atoms with E-state index in [2.05, 4.69) is 0 Å². The van der Waals surface area contributed by atoms with Crippen LogP contribution in [0.2, 0.25) is 5.02 Å². The van der Waals surface area contributed by atoms with Gasteiger partial charge in [-0.3, -0.25) is 4.79 Å². The molecule has 26 heavy (non-hydrogen) atoms. The molecule has 132 valence electrons. The van der Waals surface area contributed by atoms with Gasteiger partial charge in [0.1, 0.15) is 17.5 Å². The van der Waals surface area contributed by atoms with Gasteiger partial charge in [0, 0.05) is 5.02 Å². The maximum atomic E-state index is 12.9. The molecule has 0 aromatic heterocycles. The molecule has 0 unspecified atom stereocenters. The summed E-state index contributed by atoms with van der Waals surface area (Å²) in [6.45, 7) is 3.82. The molecule has 3 nitrogen and oxygen atoms in total. The predicted molar refractivity (Wildman–Crippen MR) is 103 cm³/mol. The van der Waals surface area contributed by atoms with E-state index in [4.69, 9.17) is 16.3 Å². The van der Waals surface area contributed by atoms with E-state index in [1.54, 1.807) is 19.1 Å². The van der Waals surface area contributed by atoms with Gasteiger partial charge in [-0.1, -0.05) is 42.8 Å². The molecule has 2 heterocycles. The molecule has 0 radical (unpaired) electrons. The van der Waals surface area contributed by atoms with Crippen molar-refractivity contribution in [1.82, 2.24) is 0 Å². The van der Waals surface area contributed by atoms with Crippen molar-refractivity contribution >= 4 is 23.0 Å². The third kappa shape index (κ3) is 2.59. The van der Waals surface area contributed by atoms with Crippen LogP contribution in [-0.2, 0) is 16.0 Å². The second-order valence-electron chi connectivity index (χ2n) is 6.82. The van der Waals surface area contributed by atoms with E-state index in [0.29, 0.717) is 10.6 Å². The summed E-state index contributed by atoms with van der Waals surface area (Å²) in [5.74, 6) is -0.216. The van der Waals surface area contributed by atoms with E-state index < -0.39 is 11.7 Å². The van der Waals surface area contributed by atoms with E-state index in [9.17, 15) is 9.90 Å². The lowest BCUT2D eigenvalue weighted by Gasteiger charge is -2.31. The number of carbonyl (C=O) groups excluding carboxylic acids is 1. The highest BCUT2D eigenvalue weighted by atomic mass is 35.5. The van der Waals surface area contributed by atoms with Crippen LogP contribution in [0.1, 0.15) is 25.0 Å². The van der Waals surface area contributed by atoms with E-state index in [-0.39, 0.29) is 11.5 Å². The quantitative estimate of drug-likeness (QED) is 0.765. The molecule has 2 atom stereocenters. The first-order valence-electron chi connectivity index (χ1n) is 8.67. The summed E-state index contributed by atoms with van der Waals surface area (Å²) in [5.41, 5.74) is 3.19. The largest absolute Gasteiger partial charge is 0.508 e. The van der Waals surface area contributed by atoms with Crippen LogP contribution in [-0.4, -0.2) is 22.6 Å². The molecule has 0 spiro atoms. The van der Waals surface area contributed by atoms with Crippen molar-refractivity contribution in [2.24, 2.45) is 0 Å². The lowest BCUT2D eigenvalue weighted by Crippen LogP contribution is -2.38. The third-order valence-electron chi connectivity index (χ3n) is 5.11. The van der Waals surface area contributed by atoms with Gasteiger partial charge in [-0.15, -0.1) is 0 Å². The number of ether oxygens (including phenoxy) is 1. The van der Waals surface area contributed by atoms with Crippen LogP contribution in [0.3, 0.4) is 0 Å². The van der Waals surface area contributed by atoms with Crippen molar-refractivity contribution in [3.05, 3.63) is 76.5 Å². The topological polar surface area (TPSA) is 46.5 Å². The highest BCUT2D eigenvalue weighted by molar-refractivity contribution is 6.30. The molecule has 0 saturated heterocycles. The molecule has 2 aromatic rings. The first kappa shape index (κ1) is 17.1. The van der Waals surface area contributed by atoms with Gasteiger partial charge in [-0.05, 0) is 65.9 Å². The summed E-state index contributed by atoms with van der Waals surface area (Å²) in [6, 6.07) is 13.6. The zero-order valence-corrected chi connectivity index (χ0v) is 15.4. The van der Waals surface area contributed by atoms with Gasteiger partial charge in [0.2, 0.25) is 0 Å². The minimum absolute atomic E-state index is 0.0181. The van der Waals surface area contributed by atoms with Crippen LogP contribution in [0.15, 0.2) is 60.4 Å². The number of carbonyl (C=O) groups is 1. The second kappa shape index (κ2) is 6.11. The van der Waals surface area contributed by atoms with Crippen molar-refractivity contribution in [2.75, 3.05) is 0 Å². The number of hydrogen-bond donors (Lipinski definition) is 1. The van der Waals surface area contributed by atoms with Crippen LogP contribution >= 0.6 is 11.6 Å². The fourth-order valence-corrected chi connectivity index (χ4v) is 3.72. The summed E-state index contributed by atoms with van der Waals surface area (Å²) in [5, 5.41) is 11.5. The van der Waals surface area contributed by atoms with Crippen LogP contribution in [0.5, 0.6) is 0 Å². The first-order chi connectivity index (χ1) is 12.4. The SMILES string of the molecule is CCc1ccc(-c2ccc(Cl)cc2)cc1C1=C(O)[C@@]2(C)C=C[C@H](O2)C1=O. The molecule has 4 rings (SSSR count). The maximum Gasteiger partial charge on any atom is 0.199 e. The molecular weight excluding hydrogens is 348 g/mol. The number of rotatable bonds is 3. The summed E-state index contributed by atoms with van der Waals surface area (Å²) >= 11 is 5.99. The Kier molecular flexibility index (Phi) is 4.02. The van der Waals surface area contributed by atoms with Gasteiger partial charge in [0.15, 0.2) is 5.78 Å². The number of Topliss-reactive ketones (excluding diaryl/α,β-unsaturated/α-hetero) is 1. The Labute approximate surface area is 157 Å². The highest BCUT2D eigenvalue weighted by Crippen LogP contribution is 2.42. The number of fused-ring (bicyclic) bond motifs is 2. The Morgan fingerprint density at radius 2 is 1.85 bits per heavy atom. The van der Waals surface area contributed by atoms with Crippen LogP contribution < -0.4 is 0 Å². The summed E-state index contributed by atoms with van der Waals surface area (Å²) in [4.78, 5) is 12.9. The molecule has 2 aliphatic heterocycles. The van der Waals surface area contributed by atoms with Gasteiger partial charge in [0.25, 0.3) is 0 Å². The van der Waals surface area contributed by atoms with Crippen molar-refractivity contribution in [1.29, 1.82) is 0 Å². The molecular formula is C22H19ClO3. The van der Waals surface area contributed by atoms with Gasteiger partial charge in [-0.2, -0.15) is 0 Å². The zero-order chi connectivity index (χ0) is 18.5. The van der Waals surface area contributed by atoms with Crippen molar-refractivity contribution in [3.63, 3.8) is 0 Å². The number of hydrogen-bond acceptors (Lipinski definition) is 3.